The number of halogens is 3. The molecule has 0 aromatic heterocycles. The minimum atomic E-state index is -0.374. The molecular weight excluding hydrogens is 432 g/mol. The van der Waals surface area contributed by atoms with Crippen LogP contribution in [0.25, 0.3) is 0 Å². The molecule has 3 rings (SSSR count). The molecule has 9 heteroatoms. The quantitative estimate of drug-likeness (QED) is 0.699. The molecule has 1 saturated heterocycles. The molecular formula is C21H22Cl2FN3O3. The lowest BCUT2D eigenvalue weighted by Crippen LogP contribution is -2.51. The molecule has 6 nitrogen and oxygen atoms in total. The van der Waals surface area contributed by atoms with Crippen molar-refractivity contribution in [3.8, 4) is 5.75 Å². The number of nitrogens with zero attached hydrogens (tertiary/aromatic N) is 2. The van der Waals surface area contributed by atoms with Gasteiger partial charge in [0.15, 0.2) is 6.61 Å². The van der Waals surface area contributed by atoms with Gasteiger partial charge in [0.25, 0.3) is 11.8 Å². The van der Waals surface area contributed by atoms with Crippen LogP contribution in [0.2, 0.25) is 10.0 Å². The van der Waals surface area contributed by atoms with Crippen LogP contribution in [0.3, 0.4) is 0 Å². The fourth-order valence-corrected chi connectivity index (χ4v) is 3.54. The van der Waals surface area contributed by atoms with Gasteiger partial charge in [-0.15, -0.1) is 0 Å². The van der Waals surface area contributed by atoms with Gasteiger partial charge >= 0.3 is 0 Å². The maximum Gasteiger partial charge on any atom is 0.260 e. The zero-order chi connectivity index (χ0) is 21.5. The molecule has 30 heavy (non-hydrogen) atoms. The van der Waals surface area contributed by atoms with E-state index >= 15 is 0 Å². The molecule has 160 valence electrons. The summed E-state index contributed by atoms with van der Waals surface area (Å²) in [4.78, 5) is 28.3. The number of carbonyl (C=O) groups is 2. The first-order valence-corrected chi connectivity index (χ1v) is 10.3. The second-order valence-electron chi connectivity index (χ2n) is 6.85. The number of carbonyl (C=O) groups excluding carboxylic acids is 2. The molecule has 0 spiro atoms. The zero-order valence-corrected chi connectivity index (χ0v) is 17.8. The Balaban J connectivity index is 1.35. The molecule has 1 N–H and O–H groups in total. The lowest BCUT2D eigenvalue weighted by molar-refractivity contribution is -0.135. The maximum atomic E-state index is 12.9. The number of amides is 2. The van der Waals surface area contributed by atoms with E-state index < -0.39 is 0 Å². The number of nitrogens with one attached hydrogen (secondary N) is 1. The van der Waals surface area contributed by atoms with Gasteiger partial charge in [-0.1, -0.05) is 23.2 Å². The summed E-state index contributed by atoms with van der Waals surface area (Å²) in [5, 5.41) is 3.69. The first kappa shape index (κ1) is 22.3. The van der Waals surface area contributed by atoms with Gasteiger partial charge in [-0.05, 0) is 42.5 Å². The Kier molecular flexibility index (Phi) is 7.90. The Labute approximate surface area is 184 Å². The van der Waals surface area contributed by atoms with E-state index in [1.54, 1.807) is 23.1 Å². The standard InChI is InChI=1S/C21H22Cl2FN3O3/c22-16-3-6-19(18(23)13-16)30-14-20(28)27-11-9-26(10-12-27)8-7-25-21(29)15-1-4-17(24)5-2-15/h1-6,13H,7-12,14H2,(H,25,29). The van der Waals surface area contributed by atoms with E-state index in [0.29, 0.717) is 60.6 Å². The van der Waals surface area contributed by atoms with Crippen molar-refractivity contribution in [3.05, 3.63) is 63.9 Å². The van der Waals surface area contributed by atoms with Crippen molar-refractivity contribution in [1.82, 2.24) is 15.1 Å². The number of piperazine rings is 1. The summed E-state index contributed by atoms with van der Waals surface area (Å²) < 4.78 is 18.4. The molecule has 0 aliphatic carbocycles. The maximum absolute atomic E-state index is 12.9. The van der Waals surface area contributed by atoms with E-state index in [2.05, 4.69) is 10.2 Å². The highest BCUT2D eigenvalue weighted by atomic mass is 35.5. The van der Waals surface area contributed by atoms with Gasteiger partial charge < -0.3 is 15.0 Å². The van der Waals surface area contributed by atoms with Crippen molar-refractivity contribution in [2.45, 2.75) is 0 Å². The first-order valence-electron chi connectivity index (χ1n) is 9.54. The third-order valence-corrected chi connectivity index (χ3v) is 5.32. The molecule has 2 aromatic rings. The van der Waals surface area contributed by atoms with Gasteiger partial charge in [0.2, 0.25) is 0 Å². The number of rotatable bonds is 7. The Hall–Kier alpha value is -2.35. The van der Waals surface area contributed by atoms with E-state index in [-0.39, 0.29) is 24.2 Å². The highest BCUT2D eigenvalue weighted by molar-refractivity contribution is 6.35. The molecule has 1 aliphatic heterocycles. The van der Waals surface area contributed by atoms with E-state index in [4.69, 9.17) is 27.9 Å². The second kappa shape index (κ2) is 10.6. The van der Waals surface area contributed by atoms with E-state index in [9.17, 15) is 14.0 Å². The number of benzene rings is 2. The van der Waals surface area contributed by atoms with Gasteiger partial charge in [0.05, 0.1) is 5.02 Å². The summed E-state index contributed by atoms with van der Waals surface area (Å²) in [5.74, 6) is -0.294. The SMILES string of the molecule is O=C(NCCN1CCN(C(=O)COc2ccc(Cl)cc2Cl)CC1)c1ccc(F)cc1. The Morgan fingerprint density at radius 2 is 1.73 bits per heavy atom. The topological polar surface area (TPSA) is 61.9 Å². The van der Waals surface area contributed by atoms with Crippen molar-refractivity contribution in [3.63, 3.8) is 0 Å². The smallest absolute Gasteiger partial charge is 0.260 e. The zero-order valence-electron chi connectivity index (χ0n) is 16.2. The molecule has 2 amide bonds. The van der Waals surface area contributed by atoms with E-state index in [0.717, 1.165) is 0 Å². The molecule has 2 aromatic carbocycles. The average Bonchev–Trinajstić information content (AvgIpc) is 2.74. The summed E-state index contributed by atoms with van der Waals surface area (Å²) in [6, 6.07) is 10.3. The third-order valence-electron chi connectivity index (χ3n) is 4.79. The monoisotopic (exact) mass is 453 g/mol. The minimum absolute atomic E-state index is 0.0882. The fraction of sp³-hybridized carbons (Fsp3) is 0.333. The summed E-state index contributed by atoms with van der Waals surface area (Å²) in [5.41, 5.74) is 0.424. The van der Waals surface area contributed by atoms with Crippen LogP contribution in [-0.4, -0.2) is 67.5 Å². The lowest BCUT2D eigenvalue weighted by atomic mass is 10.2. The van der Waals surface area contributed by atoms with Crippen molar-refractivity contribution in [2.24, 2.45) is 0 Å². The van der Waals surface area contributed by atoms with Gasteiger partial charge in [-0.25, -0.2) is 4.39 Å². The summed E-state index contributed by atoms with van der Waals surface area (Å²) in [6.07, 6.45) is 0. The molecule has 0 bridgehead atoms. The summed E-state index contributed by atoms with van der Waals surface area (Å²) >= 11 is 11.9. The van der Waals surface area contributed by atoms with Crippen LogP contribution in [-0.2, 0) is 4.79 Å². The molecule has 1 heterocycles. The highest BCUT2D eigenvalue weighted by Gasteiger charge is 2.21. The van der Waals surface area contributed by atoms with Crippen LogP contribution in [0.15, 0.2) is 42.5 Å². The van der Waals surface area contributed by atoms with Crippen molar-refractivity contribution in [1.29, 1.82) is 0 Å². The molecule has 0 saturated carbocycles. The number of hydrogen-bond donors (Lipinski definition) is 1. The average molecular weight is 454 g/mol. The Morgan fingerprint density at radius 3 is 2.40 bits per heavy atom. The molecule has 1 aliphatic rings. The normalized spacial score (nSPS) is 14.4. The van der Waals surface area contributed by atoms with Gasteiger partial charge in [-0.3, -0.25) is 14.5 Å². The van der Waals surface area contributed by atoms with Crippen molar-refractivity contribution in [2.75, 3.05) is 45.9 Å². The Bertz CT molecular complexity index is 888. The lowest BCUT2D eigenvalue weighted by Gasteiger charge is -2.34. The largest absolute Gasteiger partial charge is 0.482 e. The summed E-state index contributed by atoms with van der Waals surface area (Å²) in [7, 11) is 0. The van der Waals surface area contributed by atoms with Crippen LogP contribution in [0.5, 0.6) is 5.75 Å². The van der Waals surface area contributed by atoms with Gasteiger partial charge in [0.1, 0.15) is 11.6 Å². The van der Waals surface area contributed by atoms with Crippen molar-refractivity contribution < 1.29 is 18.7 Å². The molecule has 0 unspecified atom stereocenters. The second-order valence-corrected chi connectivity index (χ2v) is 7.69. The van der Waals surface area contributed by atoms with Crippen LogP contribution in [0.4, 0.5) is 4.39 Å². The predicted molar refractivity (Wildman–Crippen MR) is 114 cm³/mol. The van der Waals surface area contributed by atoms with Crippen LogP contribution in [0, 0.1) is 5.82 Å². The third kappa shape index (κ3) is 6.32. The van der Waals surface area contributed by atoms with Crippen LogP contribution in [0.1, 0.15) is 10.4 Å². The highest BCUT2D eigenvalue weighted by Crippen LogP contribution is 2.27. The van der Waals surface area contributed by atoms with Gasteiger partial charge in [0, 0.05) is 49.9 Å². The van der Waals surface area contributed by atoms with Crippen molar-refractivity contribution >= 4 is 35.0 Å². The van der Waals surface area contributed by atoms with Crippen LogP contribution >= 0.6 is 23.2 Å². The Morgan fingerprint density at radius 1 is 1.03 bits per heavy atom. The van der Waals surface area contributed by atoms with Crippen LogP contribution < -0.4 is 10.1 Å². The predicted octanol–water partition coefficient (Wildman–Crippen LogP) is 3.09. The molecule has 0 radical (unpaired) electrons. The first-order chi connectivity index (χ1) is 14.4. The van der Waals surface area contributed by atoms with E-state index in [1.165, 1.54) is 24.3 Å². The fourth-order valence-electron chi connectivity index (χ4n) is 3.07. The minimum Gasteiger partial charge on any atom is -0.482 e. The van der Waals surface area contributed by atoms with Gasteiger partial charge in [-0.2, -0.15) is 0 Å². The summed E-state index contributed by atoms with van der Waals surface area (Å²) in [6.45, 7) is 3.65. The van der Waals surface area contributed by atoms with E-state index in [1.807, 2.05) is 0 Å². The number of ether oxygens (including phenoxy) is 1. The molecule has 0 atom stereocenters. The molecule has 1 fully saturated rings. The number of hydrogen-bond acceptors (Lipinski definition) is 4.